The van der Waals surface area contributed by atoms with E-state index in [0.717, 1.165) is 41.5 Å². The van der Waals surface area contributed by atoms with Crippen molar-refractivity contribution >= 4 is 28.8 Å². The number of ether oxygens (including phenoxy) is 1. The van der Waals surface area contributed by atoms with Crippen molar-refractivity contribution in [3.63, 3.8) is 0 Å². The van der Waals surface area contributed by atoms with Crippen molar-refractivity contribution in [2.75, 3.05) is 19.4 Å². The highest BCUT2D eigenvalue weighted by Crippen LogP contribution is 2.44. The van der Waals surface area contributed by atoms with Crippen LogP contribution in [0.1, 0.15) is 42.7 Å². The van der Waals surface area contributed by atoms with Crippen LogP contribution in [0.2, 0.25) is 0 Å². The van der Waals surface area contributed by atoms with Crippen LogP contribution < -0.4 is 10.6 Å². The highest BCUT2D eigenvalue weighted by Gasteiger charge is 2.41. The van der Waals surface area contributed by atoms with Gasteiger partial charge in [-0.1, -0.05) is 55.0 Å². The van der Waals surface area contributed by atoms with Crippen molar-refractivity contribution in [2.45, 2.75) is 42.4 Å². The summed E-state index contributed by atoms with van der Waals surface area (Å²) >= 11 is 0. The predicted molar refractivity (Wildman–Crippen MR) is 128 cm³/mol. The number of rotatable bonds is 9. The third kappa shape index (κ3) is 4.84. The van der Waals surface area contributed by atoms with Crippen LogP contribution in [0, 0.1) is 0 Å². The maximum absolute atomic E-state index is 12.7. The molecule has 9 heteroatoms. The second kappa shape index (κ2) is 9.97. The van der Waals surface area contributed by atoms with Gasteiger partial charge in [0.2, 0.25) is 5.91 Å². The standard InChI is InChI=1S/C25H28N2O6S/c1-34(32)25(11-6-12-25)15-26-23(30)21(13-22(28)29)27-24(31)33-14-20-18-9-4-2-7-16(18)17-8-3-5-10-19(17)20/h2-5,7-10,20-21H,6,11-15H2,1H3,(H,26,30)(H,27,31)(H,28,29). The topological polar surface area (TPSA) is 122 Å². The molecule has 180 valence electrons. The Balaban J connectivity index is 1.38. The Morgan fingerprint density at radius 1 is 1.09 bits per heavy atom. The van der Waals surface area contributed by atoms with Gasteiger partial charge in [0.25, 0.3) is 0 Å². The molecular formula is C25H28N2O6S. The summed E-state index contributed by atoms with van der Waals surface area (Å²) in [5.41, 5.74) is 4.28. The number of fused-ring (bicyclic) bond motifs is 3. The first-order valence-electron chi connectivity index (χ1n) is 11.3. The van der Waals surface area contributed by atoms with Crippen molar-refractivity contribution in [3.8, 4) is 11.1 Å². The number of amides is 2. The number of alkyl carbamates (subject to hydrolysis) is 1. The first-order chi connectivity index (χ1) is 16.3. The Labute approximate surface area is 200 Å². The van der Waals surface area contributed by atoms with Gasteiger partial charge in [-0.15, -0.1) is 0 Å². The van der Waals surface area contributed by atoms with Gasteiger partial charge in [0, 0.05) is 29.5 Å². The van der Waals surface area contributed by atoms with E-state index in [1.54, 1.807) is 6.26 Å². The number of hydrogen-bond donors (Lipinski definition) is 3. The summed E-state index contributed by atoms with van der Waals surface area (Å²) < 4.78 is 17.0. The Morgan fingerprint density at radius 3 is 2.18 bits per heavy atom. The smallest absolute Gasteiger partial charge is 0.407 e. The van der Waals surface area contributed by atoms with E-state index in [2.05, 4.69) is 10.6 Å². The molecular weight excluding hydrogens is 456 g/mol. The van der Waals surface area contributed by atoms with E-state index in [9.17, 15) is 23.7 Å². The highest BCUT2D eigenvalue weighted by atomic mass is 32.2. The first-order valence-corrected chi connectivity index (χ1v) is 12.8. The number of carbonyl (C=O) groups is 3. The van der Waals surface area contributed by atoms with Gasteiger partial charge in [-0.25, -0.2) is 4.79 Å². The van der Waals surface area contributed by atoms with Gasteiger partial charge in [-0.3, -0.25) is 13.8 Å². The van der Waals surface area contributed by atoms with Gasteiger partial charge in [-0.05, 0) is 35.1 Å². The van der Waals surface area contributed by atoms with E-state index in [1.165, 1.54) is 0 Å². The molecule has 0 aliphatic heterocycles. The molecule has 3 N–H and O–H groups in total. The molecule has 0 spiro atoms. The molecule has 2 amide bonds. The average molecular weight is 485 g/mol. The number of carbonyl (C=O) groups excluding carboxylic acids is 2. The largest absolute Gasteiger partial charge is 0.481 e. The maximum atomic E-state index is 12.7. The first kappa shape index (κ1) is 23.9. The van der Waals surface area contributed by atoms with Crippen LogP contribution in [0.5, 0.6) is 0 Å². The van der Waals surface area contributed by atoms with Gasteiger partial charge in [-0.2, -0.15) is 0 Å². The summed E-state index contributed by atoms with van der Waals surface area (Å²) in [5, 5.41) is 14.3. The molecule has 2 aliphatic carbocycles. The van der Waals surface area contributed by atoms with E-state index in [4.69, 9.17) is 4.74 Å². The molecule has 0 bridgehead atoms. The molecule has 0 saturated heterocycles. The molecule has 2 aromatic rings. The van der Waals surface area contributed by atoms with E-state index in [-0.39, 0.29) is 19.1 Å². The molecule has 2 unspecified atom stereocenters. The quantitative estimate of drug-likeness (QED) is 0.503. The van der Waals surface area contributed by atoms with E-state index >= 15 is 0 Å². The number of benzene rings is 2. The Bertz CT molecular complexity index is 1080. The van der Waals surface area contributed by atoms with Gasteiger partial charge >= 0.3 is 12.1 Å². The molecule has 2 atom stereocenters. The van der Waals surface area contributed by atoms with E-state index < -0.39 is 46.0 Å². The second-order valence-electron chi connectivity index (χ2n) is 8.83. The van der Waals surface area contributed by atoms with E-state index in [0.29, 0.717) is 0 Å². The lowest BCUT2D eigenvalue weighted by molar-refractivity contribution is -0.139. The lowest BCUT2D eigenvalue weighted by Gasteiger charge is -2.40. The van der Waals surface area contributed by atoms with Gasteiger partial charge in [0.15, 0.2) is 0 Å². The molecule has 1 fully saturated rings. The summed E-state index contributed by atoms with van der Waals surface area (Å²) in [5.74, 6) is -2.01. The minimum absolute atomic E-state index is 0.0548. The maximum Gasteiger partial charge on any atom is 0.407 e. The summed E-state index contributed by atoms with van der Waals surface area (Å²) in [6, 6.07) is 14.5. The third-order valence-corrected chi connectivity index (χ3v) is 8.56. The van der Waals surface area contributed by atoms with Gasteiger partial charge in [0.1, 0.15) is 12.6 Å². The van der Waals surface area contributed by atoms with Crippen LogP contribution >= 0.6 is 0 Å². The molecule has 1 saturated carbocycles. The Hall–Kier alpha value is -3.20. The average Bonchev–Trinajstić information content (AvgIpc) is 3.09. The van der Waals surface area contributed by atoms with Crippen molar-refractivity contribution in [2.24, 2.45) is 0 Å². The Kier molecular flexibility index (Phi) is 7.02. The lowest BCUT2D eigenvalue weighted by atomic mass is 9.84. The number of hydrogen-bond acceptors (Lipinski definition) is 5. The van der Waals surface area contributed by atoms with Crippen LogP contribution in [0.25, 0.3) is 11.1 Å². The Morgan fingerprint density at radius 2 is 1.68 bits per heavy atom. The highest BCUT2D eigenvalue weighted by molar-refractivity contribution is 7.85. The fourth-order valence-electron chi connectivity index (χ4n) is 4.67. The summed E-state index contributed by atoms with van der Waals surface area (Å²) in [6.07, 6.45) is 2.57. The predicted octanol–water partition coefficient (Wildman–Crippen LogP) is 2.79. The third-order valence-electron chi connectivity index (χ3n) is 6.79. The number of nitrogens with one attached hydrogen (secondary N) is 2. The molecule has 2 aliphatic rings. The minimum atomic E-state index is -1.30. The number of carboxylic acids is 1. The molecule has 34 heavy (non-hydrogen) atoms. The summed E-state index contributed by atoms with van der Waals surface area (Å²) in [4.78, 5) is 36.5. The zero-order valence-corrected chi connectivity index (χ0v) is 19.7. The second-order valence-corrected chi connectivity index (χ2v) is 10.6. The molecule has 4 rings (SSSR count). The fourth-order valence-corrected chi connectivity index (χ4v) is 5.81. The fraction of sp³-hybridized carbons (Fsp3) is 0.400. The van der Waals surface area contributed by atoms with Crippen molar-refractivity contribution < 1.29 is 28.4 Å². The van der Waals surface area contributed by atoms with Crippen LogP contribution in [0.15, 0.2) is 48.5 Å². The monoisotopic (exact) mass is 484 g/mol. The van der Waals surface area contributed by atoms with Crippen LogP contribution in [-0.4, -0.2) is 57.5 Å². The number of aliphatic carboxylic acids is 1. The molecule has 0 radical (unpaired) electrons. The molecule has 0 heterocycles. The van der Waals surface area contributed by atoms with E-state index in [1.807, 2.05) is 48.5 Å². The van der Waals surface area contributed by atoms with Crippen LogP contribution in [-0.2, 0) is 25.1 Å². The summed E-state index contributed by atoms with van der Waals surface area (Å²) in [6.45, 7) is 0.233. The van der Waals surface area contributed by atoms with Gasteiger partial charge in [0.05, 0.1) is 11.2 Å². The zero-order valence-electron chi connectivity index (χ0n) is 18.9. The van der Waals surface area contributed by atoms with Crippen molar-refractivity contribution in [1.82, 2.24) is 10.6 Å². The molecule has 8 nitrogen and oxygen atoms in total. The van der Waals surface area contributed by atoms with Crippen LogP contribution in [0.3, 0.4) is 0 Å². The van der Waals surface area contributed by atoms with Gasteiger partial charge < -0.3 is 20.5 Å². The summed E-state index contributed by atoms with van der Waals surface area (Å²) in [7, 11) is -1.12. The lowest BCUT2D eigenvalue weighted by Crippen LogP contribution is -2.55. The molecule has 0 aromatic heterocycles. The molecule has 2 aromatic carbocycles. The number of carboxylic acid groups (broad SMARTS) is 1. The zero-order chi connectivity index (χ0) is 24.3. The SMILES string of the molecule is CS(=O)C1(CNC(=O)C(CC(=O)O)NC(=O)OCC2c3ccccc3-c3ccccc32)CCC1. The minimum Gasteiger partial charge on any atom is -0.481 e. The van der Waals surface area contributed by atoms with Crippen LogP contribution in [0.4, 0.5) is 4.79 Å². The van der Waals surface area contributed by atoms with Crippen molar-refractivity contribution in [3.05, 3.63) is 59.7 Å². The normalized spacial score (nSPS) is 17.4. The van der Waals surface area contributed by atoms with Crippen molar-refractivity contribution in [1.29, 1.82) is 0 Å².